The average molecular weight is 445 g/mol. The van der Waals surface area contributed by atoms with Crippen molar-refractivity contribution in [1.82, 2.24) is 0 Å². The lowest BCUT2D eigenvalue weighted by atomic mass is 9.95. The van der Waals surface area contributed by atoms with Crippen LogP contribution in [0.1, 0.15) is 18.1 Å². The van der Waals surface area contributed by atoms with Gasteiger partial charge >= 0.3 is 0 Å². The van der Waals surface area contributed by atoms with Crippen molar-refractivity contribution < 1.29 is 14.2 Å². The Morgan fingerprint density at radius 1 is 0.867 bits per heavy atom. The van der Waals surface area contributed by atoms with Gasteiger partial charge < -0.3 is 14.2 Å². The molecule has 0 bridgehead atoms. The van der Waals surface area contributed by atoms with Crippen molar-refractivity contribution in [2.24, 2.45) is 5.92 Å². The lowest BCUT2D eigenvalue weighted by Gasteiger charge is -2.25. The topological polar surface area (TPSA) is 27.7 Å². The van der Waals surface area contributed by atoms with Gasteiger partial charge in [0.15, 0.2) is 0 Å². The highest BCUT2D eigenvalue weighted by atomic mass is 35.5. The lowest BCUT2D eigenvalue weighted by Crippen LogP contribution is -2.28. The first-order chi connectivity index (χ1) is 14.5. The number of hydrogen-bond acceptors (Lipinski definition) is 3. The number of hydrogen-bond donors (Lipinski definition) is 0. The van der Waals surface area contributed by atoms with Crippen molar-refractivity contribution in [3.05, 3.63) is 94.0 Å². The molecule has 0 saturated carbocycles. The van der Waals surface area contributed by atoms with Crippen molar-refractivity contribution in [2.75, 3.05) is 13.7 Å². The van der Waals surface area contributed by atoms with Crippen LogP contribution in [0.3, 0.4) is 0 Å². The van der Waals surface area contributed by atoms with Gasteiger partial charge in [0.05, 0.1) is 31.5 Å². The van der Waals surface area contributed by atoms with Crippen molar-refractivity contribution >= 4 is 23.2 Å². The molecule has 3 aromatic carbocycles. The molecule has 0 radical (unpaired) electrons. The fourth-order valence-electron chi connectivity index (χ4n) is 3.15. The zero-order valence-corrected chi connectivity index (χ0v) is 18.7. The molecule has 3 nitrogen and oxygen atoms in total. The number of benzene rings is 3. The third kappa shape index (κ3) is 6.66. The summed E-state index contributed by atoms with van der Waals surface area (Å²) in [4.78, 5) is 0. The first-order valence-electron chi connectivity index (χ1n) is 9.91. The molecule has 0 amide bonds. The van der Waals surface area contributed by atoms with Gasteiger partial charge in [-0.2, -0.15) is 0 Å². The minimum absolute atomic E-state index is 0.0154. The van der Waals surface area contributed by atoms with E-state index in [2.05, 4.69) is 19.1 Å². The van der Waals surface area contributed by atoms with Crippen LogP contribution in [-0.2, 0) is 17.8 Å². The highest BCUT2D eigenvalue weighted by Gasteiger charge is 2.20. The van der Waals surface area contributed by atoms with Gasteiger partial charge in [0.1, 0.15) is 11.5 Å². The van der Waals surface area contributed by atoms with E-state index in [1.54, 1.807) is 25.3 Å². The van der Waals surface area contributed by atoms with E-state index in [9.17, 15) is 0 Å². The zero-order chi connectivity index (χ0) is 21.3. The molecule has 0 saturated heterocycles. The fourth-order valence-corrected chi connectivity index (χ4v) is 3.61. The molecule has 0 aromatic heterocycles. The molecule has 30 heavy (non-hydrogen) atoms. The Morgan fingerprint density at radius 3 is 2.27 bits per heavy atom. The highest BCUT2D eigenvalue weighted by molar-refractivity contribution is 6.35. The standard InChI is InChI=1S/C25H26Cl2O3/c1-18(29-16-20-8-11-23(28-2)12-9-20)21(14-19-6-4-3-5-7-19)17-30-25-13-10-22(26)15-24(25)27/h3-13,15,18,21H,14,16-17H2,1-2H3/t18-,21+/m0/s1. The highest BCUT2D eigenvalue weighted by Crippen LogP contribution is 2.29. The predicted octanol–water partition coefficient (Wildman–Crippen LogP) is 6.85. The third-order valence-corrected chi connectivity index (χ3v) is 5.55. The van der Waals surface area contributed by atoms with Gasteiger partial charge in [0.2, 0.25) is 0 Å². The normalized spacial score (nSPS) is 12.9. The predicted molar refractivity (Wildman–Crippen MR) is 123 cm³/mol. The molecule has 0 unspecified atom stereocenters. The quantitative estimate of drug-likeness (QED) is 0.342. The van der Waals surface area contributed by atoms with E-state index in [0.717, 1.165) is 17.7 Å². The van der Waals surface area contributed by atoms with Crippen molar-refractivity contribution in [1.29, 1.82) is 0 Å². The third-order valence-electron chi connectivity index (χ3n) is 5.02. The van der Waals surface area contributed by atoms with Crippen LogP contribution in [0.25, 0.3) is 0 Å². The Labute approximate surface area is 188 Å². The molecule has 3 aromatic rings. The summed E-state index contributed by atoms with van der Waals surface area (Å²) < 4.78 is 17.5. The number of halogens is 2. The van der Waals surface area contributed by atoms with Crippen LogP contribution in [-0.4, -0.2) is 19.8 Å². The Morgan fingerprint density at radius 2 is 1.60 bits per heavy atom. The number of methoxy groups -OCH3 is 1. The van der Waals surface area contributed by atoms with Gasteiger partial charge in [-0.25, -0.2) is 0 Å². The SMILES string of the molecule is COc1ccc(CO[C@@H](C)[C@@H](COc2ccc(Cl)cc2Cl)Cc2ccccc2)cc1. The van der Waals surface area contributed by atoms with E-state index < -0.39 is 0 Å². The second-order valence-electron chi connectivity index (χ2n) is 7.20. The van der Waals surface area contributed by atoms with E-state index >= 15 is 0 Å². The van der Waals surface area contributed by atoms with Crippen LogP contribution in [0.4, 0.5) is 0 Å². The Kier molecular flexibility index (Phi) is 8.44. The van der Waals surface area contributed by atoms with E-state index in [-0.39, 0.29) is 12.0 Å². The first kappa shape index (κ1) is 22.5. The average Bonchev–Trinajstić information content (AvgIpc) is 2.77. The molecular weight excluding hydrogens is 419 g/mol. The lowest BCUT2D eigenvalue weighted by molar-refractivity contribution is -0.00103. The second-order valence-corrected chi connectivity index (χ2v) is 8.04. The van der Waals surface area contributed by atoms with Gasteiger partial charge in [0, 0.05) is 10.9 Å². The Hall–Kier alpha value is -2.20. The van der Waals surface area contributed by atoms with Crippen molar-refractivity contribution in [3.8, 4) is 11.5 Å². The number of ether oxygens (including phenoxy) is 3. The zero-order valence-electron chi connectivity index (χ0n) is 17.2. The van der Waals surface area contributed by atoms with E-state index in [0.29, 0.717) is 29.0 Å². The Balaban J connectivity index is 1.65. The fraction of sp³-hybridized carbons (Fsp3) is 0.280. The molecule has 0 fully saturated rings. The molecule has 0 spiro atoms. The maximum Gasteiger partial charge on any atom is 0.137 e. The van der Waals surface area contributed by atoms with Gasteiger partial charge in [0.25, 0.3) is 0 Å². The van der Waals surface area contributed by atoms with Crippen molar-refractivity contribution in [2.45, 2.75) is 26.1 Å². The minimum Gasteiger partial charge on any atom is -0.497 e. The van der Waals surface area contributed by atoms with Crippen LogP contribution in [0, 0.1) is 5.92 Å². The molecule has 2 atom stereocenters. The maximum absolute atomic E-state index is 6.27. The molecule has 0 aliphatic heterocycles. The minimum atomic E-state index is -0.0154. The number of rotatable bonds is 10. The molecule has 0 heterocycles. The van der Waals surface area contributed by atoms with Gasteiger partial charge in [-0.05, 0) is 54.8 Å². The van der Waals surface area contributed by atoms with Crippen LogP contribution in [0.5, 0.6) is 11.5 Å². The van der Waals surface area contributed by atoms with Gasteiger partial charge in [-0.1, -0.05) is 65.7 Å². The smallest absolute Gasteiger partial charge is 0.137 e. The summed E-state index contributed by atoms with van der Waals surface area (Å²) in [5.41, 5.74) is 2.34. The largest absolute Gasteiger partial charge is 0.497 e. The molecule has 0 aliphatic carbocycles. The van der Waals surface area contributed by atoms with Crippen LogP contribution >= 0.6 is 23.2 Å². The summed E-state index contributed by atoms with van der Waals surface area (Å²) in [6.45, 7) is 3.10. The molecule has 5 heteroatoms. The molecule has 158 valence electrons. The Bertz CT molecular complexity index is 913. The molecule has 0 aliphatic rings. The maximum atomic E-state index is 6.27. The van der Waals surface area contributed by atoms with E-state index in [1.165, 1.54) is 5.56 Å². The van der Waals surface area contributed by atoms with E-state index in [4.69, 9.17) is 37.4 Å². The van der Waals surface area contributed by atoms with Gasteiger partial charge in [-0.3, -0.25) is 0 Å². The van der Waals surface area contributed by atoms with Crippen LogP contribution in [0.2, 0.25) is 10.0 Å². The van der Waals surface area contributed by atoms with Crippen LogP contribution in [0.15, 0.2) is 72.8 Å². The molecule has 0 N–H and O–H groups in total. The molecular formula is C25H26Cl2O3. The van der Waals surface area contributed by atoms with E-state index in [1.807, 2.05) is 42.5 Å². The summed E-state index contributed by atoms with van der Waals surface area (Å²) in [5.74, 6) is 1.61. The van der Waals surface area contributed by atoms with Crippen LogP contribution < -0.4 is 9.47 Å². The van der Waals surface area contributed by atoms with Gasteiger partial charge in [-0.15, -0.1) is 0 Å². The van der Waals surface area contributed by atoms with Crippen molar-refractivity contribution in [3.63, 3.8) is 0 Å². The summed E-state index contributed by atoms with van der Waals surface area (Å²) in [6, 6.07) is 23.5. The summed E-state index contributed by atoms with van der Waals surface area (Å²) in [6.07, 6.45) is 0.828. The second kappa shape index (κ2) is 11.3. The first-order valence-corrected chi connectivity index (χ1v) is 10.7. The summed E-state index contributed by atoms with van der Waals surface area (Å²) in [5, 5.41) is 1.09. The summed E-state index contributed by atoms with van der Waals surface area (Å²) >= 11 is 12.3. The summed E-state index contributed by atoms with van der Waals surface area (Å²) in [7, 11) is 1.66. The monoisotopic (exact) mass is 444 g/mol. The molecule has 3 rings (SSSR count).